The molecule has 1 aromatic heterocycles. The average molecular weight is 376 g/mol. The Morgan fingerprint density at radius 2 is 1.57 bits per heavy atom. The van der Waals surface area contributed by atoms with Crippen molar-refractivity contribution in [2.24, 2.45) is 5.92 Å². The molecular weight excluding hydrogens is 346 g/mol. The van der Waals surface area contributed by atoms with Crippen LogP contribution in [0.25, 0.3) is 11.0 Å². The minimum atomic E-state index is -0.178. The zero-order valence-electron chi connectivity index (χ0n) is 16.7. The molecular formula is C24H29N3O. The highest BCUT2D eigenvalue weighted by Crippen LogP contribution is 2.37. The van der Waals surface area contributed by atoms with Crippen LogP contribution in [-0.2, 0) is 0 Å². The Balaban J connectivity index is 1.38. The molecule has 1 aliphatic rings. The molecule has 3 aromatic rings. The van der Waals surface area contributed by atoms with Gasteiger partial charge < -0.3 is 0 Å². The van der Waals surface area contributed by atoms with Gasteiger partial charge in [0.25, 0.3) is 5.91 Å². The van der Waals surface area contributed by atoms with E-state index in [2.05, 4.69) is 29.3 Å². The molecule has 0 aliphatic heterocycles. The van der Waals surface area contributed by atoms with Crippen molar-refractivity contribution in [1.82, 2.24) is 15.0 Å². The second kappa shape index (κ2) is 8.68. The Bertz CT molecular complexity index is 887. The molecule has 0 radical (unpaired) electrons. The van der Waals surface area contributed by atoms with Gasteiger partial charge in [-0.1, -0.05) is 56.9 Å². The van der Waals surface area contributed by atoms with Gasteiger partial charge in [-0.2, -0.15) is 0 Å². The zero-order valence-corrected chi connectivity index (χ0v) is 16.7. The molecule has 0 N–H and O–H groups in total. The predicted molar refractivity (Wildman–Crippen MR) is 113 cm³/mol. The first-order valence-corrected chi connectivity index (χ1v) is 10.7. The van der Waals surface area contributed by atoms with Gasteiger partial charge in [-0.25, -0.2) is 0 Å². The summed E-state index contributed by atoms with van der Waals surface area (Å²) < 4.78 is 0. The van der Waals surface area contributed by atoms with E-state index in [4.69, 9.17) is 0 Å². The first kappa shape index (κ1) is 18.9. The lowest BCUT2D eigenvalue weighted by molar-refractivity contribution is 0.0928. The summed E-state index contributed by atoms with van der Waals surface area (Å²) in [6.45, 7) is 2.27. The van der Waals surface area contributed by atoms with E-state index in [0.29, 0.717) is 11.5 Å². The van der Waals surface area contributed by atoms with Crippen molar-refractivity contribution in [3.8, 4) is 0 Å². The molecule has 28 heavy (non-hydrogen) atoms. The van der Waals surface area contributed by atoms with Crippen LogP contribution in [0.4, 0.5) is 0 Å². The van der Waals surface area contributed by atoms with E-state index in [9.17, 15) is 4.79 Å². The van der Waals surface area contributed by atoms with Crippen molar-refractivity contribution in [2.45, 2.75) is 64.2 Å². The molecule has 146 valence electrons. The quantitative estimate of drug-likeness (QED) is 0.498. The van der Waals surface area contributed by atoms with Crippen LogP contribution in [0.1, 0.15) is 80.1 Å². The number of carbonyl (C=O) groups is 1. The fourth-order valence-electron chi connectivity index (χ4n) is 4.43. The van der Waals surface area contributed by atoms with E-state index in [1.54, 1.807) is 0 Å². The maximum atomic E-state index is 12.7. The third-order valence-electron chi connectivity index (χ3n) is 6.16. The number of hydrogen-bond donors (Lipinski definition) is 0. The van der Waals surface area contributed by atoms with Gasteiger partial charge in [0.15, 0.2) is 0 Å². The van der Waals surface area contributed by atoms with Gasteiger partial charge in [-0.05, 0) is 67.3 Å². The molecule has 4 heteroatoms. The Kier molecular flexibility index (Phi) is 5.84. The van der Waals surface area contributed by atoms with Gasteiger partial charge >= 0.3 is 0 Å². The first-order valence-electron chi connectivity index (χ1n) is 10.7. The van der Waals surface area contributed by atoms with Crippen molar-refractivity contribution in [3.05, 3.63) is 59.7 Å². The van der Waals surface area contributed by atoms with Crippen molar-refractivity contribution in [3.63, 3.8) is 0 Å². The highest BCUT2D eigenvalue weighted by atomic mass is 16.2. The second-order valence-electron chi connectivity index (χ2n) is 8.12. The lowest BCUT2D eigenvalue weighted by Crippen LogP contribution is -2.16. The molecule has 4 rings (SSSR count). The number of benzene rings is 2. The van der Waals surface area contributed by atoms with Crippen LogP contribution in [0.2, 0.25) is 0 Å². The topological polar surface area (TPSA) is 47.8 Å². The molecule has 0 amide bonds. The van der Waals surface area contributed by atoms with Crippen LogP contribution in [0.3, 0.4) is 0 Å². The van der Waals surface area contributed by atoms with Gasteiger partial charge in [0, 0.05) is 5.56 Å². The molecule has 4 nitrogen and oxygen atoms in total. The monoisotopic (exact) mass is 375 g/mol. The third-order valence-corrected chi connectivity index (χ3v) is 6.16. The number of carbonyl (C=O) groups excluding carboxylic acids is 1. The highest BCUT2D eigenvalue weighted by Gasteiger charge is 2.22. The van der Waals surface area contributed by atoms with E-state index in [1.807, 2.05) is 36.4 Å². The molecule has 2 aromatic carbocycles. The average Bonchev–Trinajstić information content (AvgIpc) is 3.18. The summed E-state index contributed by atoms with van der Waals surface area (Å²) in [5.41, 5.74) is 3.48. The lowest BCUT2D eigenvalue weighted by atomic mass is 9.77. The van der Waals surface area contributed by atoms with E-state index in [-0.39, 0.29) is 5.91 Å². The van der Waals surface area contributed by atoms with E-state index >= 15 is 0 Å². The molecule has 0 saturated heterocycles. The molecule has 1 heterocycles. The normalized spacial score (nSPS) is 19.8. The van der Waals surface area contributed by atoms with Crippen LogP contribution < -0.4 is 0 Å². The largest absolute Gasteiger partial charge is 0.295 e. The van der Waals surface area contributed by atoms with Gasteiger partial charge in [-0.15, -0.1) is 15.0 Å². The fourth-order valence-corrected chi connectivity index (χ4v) is 4.43. The van der Waals surface area contributed by atoms with Gasteiger partial charge in [-0.3, -0.25) is 4.79 Å². The second-order valence-corrected chi connectivity index (χ2v) is 8.12. The summed E-state index contributed by atoms with van der Waals surface area (Å²) in [4.78, 5) is 13.9. The van der Waals surface area contributed by atoms with E-state index in [1.165, 1.54) is 61.7 Å². The van der Waals surface area contributed by atoms with Crippen molar-refractivity contribution in [2.75, 3.05) is 0 Å². The predicted octanol–water partition coefficient (Wildman–Crippen LogP) is 5.97. The Morgan fingerprint density at radius 3 is 2.18 bits per heavy atom. The minimum Gasteiger partial charge on any atom is -0.265 e. The Labute approximate surface area is 167 Å². The van der Waals surface area contributed by atoms with Crippen molar-refractivity contribution in [1.29, 1.82) is 0 Å². The molecule has 1 fully saturated rings. The van der Waals surface area contributed by atoms with Crippen LogP contribution in [-0.4, -0.2) is 20.9 Å². The van der Waals surface area contributed by atoms with Gasteiger partial charge in [0.1, 0.15) is 11.0 Å². The molecule has 1 aliphatic carbocycles. The summed E-state index contributed by atoms with van der Waals surface area (Å²) in [7, 11) is 0. The number of fused-ring (bicyclic) bond motifs is 1. The van der Waals surface area contributed by atoms with Crippen LogP contribution >= 0.6 is 0 Å². The zero-order chi connectivity index (χ0) is 19.3. The van der Waals surface area contributed by atoms with Crippen LogP contribution in [0.15, 0.2) is 48.5 Å². The van der Waals surface area contributed by atoms with E-state index in [0.717, 1.165) is 17.0 Å². The minimum absolute atomic E-state index is 0.178. The Hall–Kier alpha value is -2.49. The number of nitrogens with zero attached hydrogens (tertiary/aromatic N) is 3. The fraction of sp³-hybridized carbons (Fsp3) is 0.458. The summed E-state index contributed by atoms with van der Waals surface area (Å²) in [6, 6.07) is 15.6. The van der Waals surface area contributed by atoms with Crippen LogP contribution in [0, 0.1) is 5.92 Å². The number of hydrogen-bond acceptors (Lipinski definition) is 3. The molecule has 0 unspecified atom stereocenters. The first-order chi connectivity index (χ1) is 13.7. The van der Waals surface area contributed by atoms with Crippen molar-refractivity contribution >= 4 is 16.9 Å². The van der Waals surface area contributed by atoms with Gasteiger partial charge in [0.05, 0.1) is 0 Å². The number of rotatable bonds is 6. The SMILES string of the molecule is CCCCC[C@H]1CC[C@H](c2ccc(C(=O)n3nc4ccccc4n3)cc2)CC1. The third kappa shape index (κ3) is 4.16. The molecule has 0 atom stereocenters. The van der Waals surface area contributed by atoms with Crippen LogP contribution in [0.5, 0.6) is 0 Å². The number of aromatic nitrogens is 3. The standard InChI is InChI=1S/C24H29N3O/c1-2-3-4-7-18-10-12-19(13-11-18)20-14-16-21(17-15-20)24(28)27-25-22-8-5-6-9-23(22)26-27/h5-6,8-9,14-19H,2-4,7,10-13H2,1H3/t18-,19-. The summed E-state index contributed by atoms with van der Waals surface area (Å²) in [5, 5.41) is 8.59. The highest BCUT2D eigenvalue weighted by molar-refractivity contribution is 5.95. The maximum absolute atomic E-state index is 12.7. The van der Waals surface area contributed by atoms with Gasteiger partial charge in [0.2, 0.25) is 0 Å². The summed E-state index contributed by atoms with van der Waals surface area (Å²) in [6.07, 6.45) is 10.7. The van der Waals surface area contributed by atoms with E-state index < -0.39 is 0 Å². The summed E-state index contributed by atoms with van der Waals surface area (Å²) >= 11 is 0. The smallest absolute Gasteiger partial charge is 0.265 e. The molecule has 0 bridgehead atoms. The number of unbranched alkanes of at least 4 members (excludes halogenated alkanes) is 2. The molecule has 0 spiro atoms. The van der Waals surface area contributed by atoms with Crippen molar-refractivity contribution < 1.29 is 4.79 Å². The lowest BCUT2D eigenvalue weighted by Gasteiger charge is -2.29. The molecule has 1 saturated carbocycles. The maximum Gasteiger partial charge on any atom is 0.295 e. The Morgan fingerprint density at radius 1 is 0.929 bits per heavy atom. The summed E-state index contributed by atoms with van der Waals surface area (Å²) in [5.74, 6) is 1.38.